The van der Waals surface area contributed by atoms with Crippen molar-refractivity contribution in [3.63, 3.8) is 0 Å². The van der Waals surface area contributed by atoms with Gasteiger partial charge in [0.15, 0.2) is 0 Å². The quantitative estimate of drug-likeness (QED) is 0.654. The standard InChI is InChI=1S/C16H22N2O4S/c1-16(2)10-11-13(23-18(3)6-8-21-9-7-18)5-4-12(14(11)22-16)17-15(19)20/h4-5,17H,6-10H2,1-3H3/p+1. The second kappa shape index (κ2) is 5.89. The molecule has 2 aliphatic rings. The first-order valence-electron chi connectivity index (χ1n) is 7.75. The molecule has 0 saturated carbocycles. The first-order valence-corrected chi connectivity index (χ1v) is 8.52. The molecule has 6 nitrogen and oxygen atoms in total. The maximum Gasteiger partial charge on any atom is 0.409 e. The van der Waals surface area contributed by atoms with Crippen LogP contribution in [0.5, 0.6) is 5.75 Å². The summed E-state index contributed by atoms with van der Waals surface area (Å²) in [6, 6.07) is 3.79. The van der Waals surface area contributed by atoms with Gasteiger partial charge in [-0.25, -0.2) is 4.79 Å². The van der Waals surface area contributed by atoms with Crippen molar-refractivity contribution in [3.8, 4) is 5.75 Å². The van der Waals surface area contributed by atoms with Crippen molar-refractivity contribution in [2.45, 2.75) is 30.8 Å². The minimum atomic E-state index is -1.08. The van der Waals surface area contributed by atoms with Crippen LogP contribution in [-0.2, 0) is 11.2 Å². The van der Waals surface area contributed by atoms with E-state index in [1.54, 1.807) is 18.0 Å². The van der Waals surface area contributed by atoms with Crippen molar-refractivity contribution in [3.05, 3.63) is 17.7 Å². The van der Waals surface area contributed by atoms with Crippen molar-refractivity contribution in [2.75, 3.05) is 38.7 Å². The number of rotatable bonds is 3. The zero-order valence-electron chi connectivity index (χ0n) is 13.7. The predicted octanol–water partition coefficient (Wildman–Crippen LogP) is 2.97. The predicted molar refractivity (Wildman–Crippen MR) is 89.1 cm³/mol. The maximum atomic E-state index is 11.0. The molecule has 0 bridgehead atoms. The monoisotopic (exact) mass is 339 g/mol. The molecule has 1 aromatic carbocycles. The molecule has 1 aromatic rings. The van der Waals surface area contributed by atoms with E-state index in [1.807, 2.05) is 19.9 Å². The molecule has 0 aromatic heterocycles. The lowest BCUT2D eigenvalue weighted by Gasteiger charge is -2.35. The fourth-order valence-electron chi connectivity index (χ4n) is 2.99. The molecule has 1 fully saturated rings. The van der Waals surface area contributed by atoms with E-state index in [1.165, 1.54) is 0 Å². The Morgan fingerprint density at radius 3 is 2.70 bits per heavy atom. The number of nitrogens with one attached hydrogen (secondary N) is 1. The van der Waals surface area contributed by atoms with E-state index in [0.717, 1.165) is 47.1 Å². The van der Waals surface area contributed by atoms with Gasteiger partial charge in [-0.15, -0.1) is 0 Å². The molecule has 2 heterocycles. The zero-order chi connectivity index (χ0) is 16.7. The molecule has 0 aliphatic carbocycles. The van der Waals surface area contributed by atoms with Crippen LogP contribution in [0.4, 0.5) is 10.5 Å². The number of hydrogen-bond donors (Lipinski definition) is 2. The van der Waals surface area contributed by atoms with Gasteiger partial charge in [-0.3, -0.25) is 9.21 Å². The van der Waals surface area contributed by atoms with Crippen LogP contribution in [0.3, 0.4) is 0 Å². The lowest BCUT2D eigenvalue weighted by Crippen LogP contribution is -2.46. The Morgan fingerprint density at radius 2 is 2.04 bits per heavy atom. The van der Waals surface area contributed by atoms with Crippen molar-refractivity contribution < 1.29 is 23.3 Å². The number of carbonyl (C=O) groups is 1. The van der Waals surface area contributed by atoms with E-state index in [9.17, 15) is 4.79 Å². The van der Waals surface area contributed by atoms with E-state index in [0.29, 0.717) is 11.4 Å². The van der Waals surface area contributed by atoms with E-state index >= 15 is 0 Å². The van der Waals surface area contributed by atoms with Gasteiger partial charge in [0, 0.05) is 12.0 Å². The molecule has 1 saturated heterocycles. The van der Waals surface area contributed by atoms with Gasteiger partial charge in [0.05, 0.1) is 30.8 Å². The summed E-state index contributed by atoms with van der Waals surface area (Å²) in [4.78, 5) is 12.2. The number of morpholine rings is 1. The van der Waals surface area contributed by atoms with Crippen molar-refractivity contribution in [2.24, 2.45) is 0 Å². The number of likely N-dealkylation sites (N-methyl/N-ethyl adjacent to an activating group) is 1. The third-order valence-electron chi connectivity index (χ3n) is 4.18. The summed E-state index contributed by atoms with van der Waals surface area (Å²) < 4.78 is 12.3. The van der Waals surface area contributed by atoms with Gasteiger partial charge >= 0.3 is 6.09 Å². The minimum absolute atomic E-state index is 0.322. The number of quaternary nitrogens is 1. The van der Waals surface area contributed by atoms with E-state index < -0.39 is 6.09 Å². The summed E-state index contributed by atoms with van der Waals surface area (Å²) in [5.41, 5.74) is 1.29. The Labute approximate surface area is 140 Å². The van der Waals surface area contributed by atoms with Gasteiger partial charge in [0.1, 0.15) is 36.4 Å². The lowest BCUT2D eigenvalue weighted by atomic mass is 10.0. The van der Waals surface area contributed by atoms with Gasteiger partial charge in [0.2, 0.25) is 0 Å². The average molecular weight is 339 g/mol. The third-order valence-corrected chi connectivity index (χ3v) is 5.56. The number of amides is 1. The summed E-state index contributed by atoms with van der Waals surface area (Å²) in [5, 5.41) is 11.5. The van der Waals surface area contributed by atoms with Gasteiger partial charge in [-0.2, -0.15) is 0 Å². The number of carboxylic acid groups (broad SMARTS) is 1. The Balaban J connectivity index is 1.93. The molecule has 0 atom stereocenters. The summed E-state index contributed by atoms with van der Waals surface area (Å²) in [6.07, 6.45) is -0.302. The molecular weight excluding hydrogens is 316 g/mol. The lowest BCUT2D eigenvalue weighted by molar-refractivity contribution is -0.784. The average Bonchev–Trinajstić information content (AvgIpc) is 2.78. The summed E-state index contributed by atoms with van der Waals surface area (Å²) in [5.74, 6) is 0.669. The topological polar surface area (TPSA) is 67.8 Å². The van der Waals surface area contributed by atoms with Crippen LogP contribution in [0.25, 0.3) is 0 Å². The number of nitrogens with zero attached hydrogens (tertiary/aromatic N) is 1. The summed E-state index contributed by atoms with van der Waals surface area (Å²) in [7, 11) is 2.21. The molecule has 23 heavy (non-hydrogen) atoms. The van der Waals surface area contributed by atoms with Crippen molar-refractivity contribution >= 4 is 23.7 Å². The fraction of sp³-hybridized carbons (Fsp3) is 0.562. The molecule has 0 radical (unpaired) electrons. The second-order valence-electron chi connectivity index (χ2n) is 6.84. The van der Waals surface area contributed by atoms with Crippen LogP contribution >= 0.6 is 11.9 Å². The number of benzene rings is 1. The largest absolute Gasteiger partial charge is 0.485 e. The molecule has 7 heteroatoms. The second-order valence-corrected chi connectivity index (χ2v) is 8.34. The Hall–Kier alpha value is -1.44. The van der Waals surface area contributed by atoms with Crippen LogP contribution in [0.2, 0.25) is 0 Å². The molecule has 3 rings (SSSR count). The van der Waals surface area contributed by atoms with E-state index in [4.69, 9.17) is 14.6 Å². The molecule has 2 N–H and O–H groups in total. The summed E-state index contributed by atoms with van der Waals surface area (Å²) >= 11 is 1.80. The molecule has 0 spiro atoms. The van der Waals surface area contributed by atoms with Crippen LogP contribution in [0.15, 0.2) is 17.0 Å². The normalized spacial score (nSPS) is 21.3. The van der Waals surface area contributed by atoms with Crippen molar-refractivity contribution in [1.82, 2.24) is 0 Å². The fourth-order valence-corrected chi connectivity index (χ4v) is 4.20. The van der Waals surface area contributed by atoms with Crippen molar-refractivity contribution in [1.29, 1.82) is 0 Å². The number of ether oxygens (including phenoxy) is 2. The highest BCUT2D eigenvalue weighted by Crippen LogP contribution is 2.47. The smallest absolute Gasteiger partial charge is 0.409 e. The highest BCUT2D eigenvalue weighted by Gasteiger charge is 2.37. The van der Waals surface area contributed by atoms with Crippen LogP contribution in [0, 0.1) is 0 Å². The molecular formula is C16H23N2O4S+. The highest BCUT2D eigenvalue weighted by molar-refractivity contribution is 7.94. The molecule has 0 unspecified atom stereocenters. The Bertz CT molecular complexity index is 627. The van der Waals surface area contributed by atoms with Gasteiger partial charge in [-0.05, 0) is 26.0 Å². The van der Waals surface area contributed by atoms with Crippen LogP contribution in [-0.4, -0.2) is 54.0 Å². The van der Waals surface area contributed by atoms with Gasteiger partial charge in [-0.1, -0.05) is 0 Å². The highest BCUT2D eigenvalue weighted by atomic mass is 32.2. The first kappa shape index (κ1) is 16.4. The van der Waals surface area contributed by atoms with Crippen LogP contribution < -0.4 is 10.1 Å². The van der Waals surface area contributed by atoms with Gasteiger partial charge < -0.3 is 14.6 Å². The third kappa shape index (κ3) is 3.57. The maximum absolute atomic E-state index is 11.0. The molecule has 2 aliphatic heterocycles. The zero-order valence-corrected chi connectivity index (χ0v) is 14.5. The van der Waals surface area contributed by atoms with Gasteiger partial charge in [0.25, 0.3) is 0 Å². The minimum Gasteiger partial charge on any atom is -0.485 e. The van der Waals surface area contributed by atoms with Crippen LogP contribution in [0.1, 0.15) is 19.4 Å². The number of anilines is 1. The van der Waals surface area contributed by atoms with E-state index in [2.05, 4.69) is 12.4 Å². The number of fused-ring (bicyclic) bond motifs is 1. The SMILES string of the molecule is CC1(C)Cc2c(S[N+]3(C)CCOCC3)ccc(NC(=O)O)c2O1. The van der Waals surface area contributed by atoms with E-state index in [-0.39, 0.29) is 5.60 Å². The Morgan fingerprint density at radius 1 is 1.35 bits per heavy atom. The number of hydrogen-bond acceptors (Lipinski definition) is 4. The summed E-state index contributed by atoms with van der Waals surface area (Å²) in [6.45, 7) is 7.50. The first-order chi connectivity index (χ1) is 10.8. The molecule has 1 amide bonds. The Kier molecular flexibility index (Phi) is 4.20. The molecule has 126 valence electrons.